The molecule has 1 heterocycles. The first-order chi connectivity index (χ1) is 11.2. The third-order valence-corrected chi connectivity index (χ3v) is 3.68. The van der Waals surface area contributed by atoms with E-state index < -0.39 is 0 Å². The molecule has 0 aliphatic heterocycles. The maximum absolute atomic E-state index is 12.6. The third kappa shape index (κ3) is 3.04. The highest BCUT2D eigenvalue weighted by atomic mass is 16.7. The number of rotatable bonds is 4. The largest absolute Gasteiger partial charge is 0.375 e. The van der Waals surface area contributed by atoms with Crippen molar-refractivity contribution in [1.82, 2.24) is 14.6 Å². The molecule has 5 heteroatoms. The number of carbonyl (C=O) groups excluding carboxylic acids is 1. The fourth-order valence-corrected chi connectivity index (χ4v) is 2.48. The molecule has 0 fully saturated rings. The third-order valence-electron chi connectivity index (χ3n) is 3.68. The number of fused-ring (bicyclic) bond motifs is 1. The summed E-state index contributed by atoms with van der Waals surface area (Å²) in [6, 6.07) is 13.6. The molecule has 2 aromatic carbocycles. The van der Waals surface area contributed by atoms with Crippen molar-refractivity contribution >= 4 is 16.8 Å². The van der Waals surface area contributed by atoms with Gasteiger partial charge in [-0.15, -0.1) is 0 Å². The molecule has 0 bridgehead atoms. The van der Waals surface area contributed by atoms with Gasteiger partial charge in [0.1, 0.15) is 5.82 Å². The molecule has 0 aliphatic carbocycles. The van der Waals surface area contributed by atoms with Crippen LogP contribution < -0.4 is 4.84 Å². The molecule has 23 heavy (non-hydrogen) atoms. The number of carbonyl (C=O) groups is 1. The van der Waals surface area contributed by atoms with Crippen LogP contribution >= 0.6 is 0 Å². The van der Waals surface area contributed by atoms with E-state index >= 15 is 0 Å². The average Bonchev–Trinajstić information content (AvgIpc) is 3.07. The molecule has 3 rings (SSSR count). The fourth-order valence-electron chi connectivity index (χ4n) is 2.48. The zero-order chi connectivity index (χ0) is 16.2. The van der Waals surface area contributed by atoms with Crippen molar-refractivity contribution in [2.75, 3.05) is 6.54 Å². The van der Waals surface area contributed by atoms with Crippen molar-refractivity contribution in [2.45, 2.75) is 20.3 Å². The molecule has 0 aliphatic rings. The molecule has 0 saturated carbocycles. The van der Waals surface area contributed by atoms with Crippen molar-refractivity contribution in [3.05, 3.63) is 60.7 Å². The van der Waals surface area contributed by atoms with E-state index in [0.29, 0.717) is 18.7 Å². The van der Waals surface area contributed by atoms with Gasteiger partial charge >= 0.3 is 6.03 Å². The number of benzene rings is 2. The second-order valence-electron chi connectivity index (χ2n) is 5.14. The minimum Gasteiger partial charge on any atom is -0.375 e. The predicted molar refractivity (Wildman–Crippen MR) is 89.4 cm³/mol. The second kappa shape index (κ2) is 6.52. The Kier molecular flexibility index (Phi) is 4.28. The van der Waals surface area contributed by atoms with E-state index in [0.717, 1.165) is 16.6 Å². The lowest BCUT2D eigenvalue weighted by atomic mass is 10.1. The molecule has 3 aromatic rings. The van der Waals surface area contributed by atoms with Crippen molar-refractivity contribution in [3.8, 4) is 5.75 Å². The minimum atomic E-state index is -0.241. The monoisotopic (exact) mass is 309 g/mol. The first-order valence-electron chi connectivity index (χ1n) is 7.73. The normalized spacial score (nSPS) is 10.7. The zero-order valence-electron chi connectivity index (χ0n) is 13.3. The summed E-state index contributed by atoms with van der Waals surface area (Å²) in [5, 5.41) is 3.55. The number of hydrogen-bond acceptors (Lipinski definition) is 3. The molecule has 1 aromatic heterocycles. The summed E-state index contributed by atoms with van der Waals surface area (Å²) in [7, 11) is 0. The van der Waals surface area contributed by atoms with Gasteiger partial charge in [-0.3, -0.25) is 4.57 Å². The van der Waals surface area contributed by atoms with E-state index in [1.165, 1.54) is 9.63 Å². The Balaban J connectivity index is 1.84. The van der Waals surface area contributed by atoms with E-state index in [4.69, 9.17) is 4.84 Å². The Labute approximate surface area is 135 Å². The lowest BCUT2D eigenvalue weighted by Gasteiger charge is -2.21. The van der Waals surface area contributed by atoms with Gasteiger partial charge in [0.05, 0.1) is 6.54 Å². The van der Waals surface area contributed by atoms with Crippen molar-refractivity contribution in [1.29, 1.82) is 0 Å². The summed E-state index contributed by atoms with van der Waals surface area (Å²) in [4.78, 5) is 22.6. The predicted octanol–water partition coefficient (Wildman–Crippen LogP) is 3.88. The van der Waals surface area contributed by atoms with Crippen LogP contribution in [0.5, 0.6) is 5.75 Å². The lowest BCUT2D eigenvalue weighted by Crippen LogP contribution is -2.37. The Morgan fingerprint density at radius 2 is 1.96 bits per heavy atom. The van der Waals surface area contributed by atoms with E-state index in [1.54, 1.807) is 12.4 Å². The van der Waals surface area contributed by atoms with Gasteiger partial charge in [0.15, 0.2) is 5.75 Å². The Morgan fingerprint density at radius 3 is 2.70 bits per heavy atom. The number of aromatic nitrogens is 2. The van der Waals surface area contributed by atoms with Crippen LogP contribution in [-0.4, -0.2) is 27.2 Å². The van der Waals surface area contributed by atoms with Gasteiger partial charge in [-0.1, -0.05) is 37.3 Å². The number of amides is 1. The highest BCUT2D eigenvalue weighted by molar-refractivity contribution is 5.84. The standard InChI is InChI=1S/C18H19N3O2/c1-3-17-19-11-12-20(17)18(22)21(4-2)23-16-10-9-14-7-5-6-8-15(14)13-16/h5-13H,3-4H2,1-2H3. The van der Waals surface area contributed by atoms with Crippen molar-refractivity contribution in [3.63, 3.8) is 0 Å². The molecule has 118 valence electrons. The molecule has 0 spiro atoms. The number of hydroxylamine groups is 2. The Morgan fingerprint density at radius 1 is 1.17 bits per heavy atom. The molecule has 0 radical (unpaired) electrons. The molecule has 0 unspecified atom stereocenters. The van der Waals surface area contributed by atoms with Gasteiger partial charge in [-0.25, -0.2) is 9.78 Å². The topological polar surface area (TPSA) is 47.4 Å². The van der Waals surface area contributed by atoms with E-state index in [2.05, 4.69) is 4.98 Å². The maximum Gasteiger partial charge on any atom is 0.362 e. The molecule has 5 nitrogen and oxygen atoms in total. The summed E-state index contributed by atoms with van der Waals surface area (Å²) < 4.78 is 1.52. The maximum atomic E-state index is 12.6. The SMILES string of the molecule is CCc1nccn1C(=O)N(CC)Oc1ccc2ccccc2c1. The number of aryl methyl sites for hydroxylation is 1. The first kappa shape index (κ1) is 15.1. The van der Waals surface area contributed by atoms with Gasteiger partial charge in [0.25, 0.3) is 0 Å². The summed E-state index contributed by atoms with van der Waals surface area (Å²) >= 11 is 0. The van der Waals surface area contributed by atoms with E-state index in [-0.39, 0.29) is 6.03 Å². The smallest absolute Gasteiger partial charge is 0.362 e. The van der Waals surface area contributed by atoms with E-state index in [9.17, 15) is 4.79 Å². The van der Waals surface area contributed by atoms with Crippen LogP contribution in [0.2, 0.25) is 0 Å². The lowest BCUT2D eigenvalue weighted by molar-refractivity contribution is -0.00790. The number of imidazole rings is 1. The van der Waals surface area contributed by atoms with Crippen LogP contribution in [0.4, 0.5) is 4.79 Å². The quantitative estimate of drug-likeness (QED) is 0.687. The molecule has 0 N–H and O–H groups in total. The van der Waals surface area contributed by atoms with Crippen LogP contribution in [0.3, 0.4) is 0 Å². The van der Waals surface area contributed by atoms with Crippen LogP contribution in [0, 0.1) is 0 Å². The summed E-state index contributed by atoms with van der Waals surface area (Å²) in [6.45, 7) is 4.28. The Bertz CT molecular complexity index is 826. The van der Waals surface area contributed by atoms with Crippen molar-refractivity contribution < 1.29 is 9.63 Å². The molecular formula is C18H19N3O2. The fraction of sp³-hybridized carbons (Fsp3) is 0.222. The average molecular weight is 309 g/mol. The van der Waals surface area contributed by atoms with E-state index in [1.807, 2.05) is 56.3 Å². The van der Waals surface area contributed by atoms with Crippen LogP contribution in [0.1, 0.15) is 19.7 Å². The number of nitrogens with zero attached hydrogens (tertiary/aromatic N) is 3. The molecule has 1 amide bonds. The first-order valence-corrected chi connectivity index (χ1v) is 7.73. The second-order valence-corrected chi connectivity index (χ2v) is 5.14. The van der Waals surface area contributed by atoms with Crippen LogP contribution in [-0.2, 0) is 6.42 Å². The molecule has 0 atom stereocenters. The summed E-state index contributed by atoms with van der Waals surface area (Å²) in [5.41, 5.74) is 0. The van der Waals surface area contributed by atoms with Crippen LogP contribution in [0.25, 0.3) is 10.8 Å². The molecule has 0 saturated heterocycles. The van der Waals surface area contributed by atoms with Gasteiger partial charge in [0, 0.05) is 18.8 Å². The van der Waals surface area contributed by atoms with Gasteiger partial charge in [0.2, 0.25) is 0 Å². The zero-order valence-corrected chi connectivity index (χ0v) is 13.3. The van der Waals surface area contributed by atoms with Gasteiger partial charge < -0.3 is 4.84 Å². The van der Waals surface area contributed by atoms with Gasteiger partial charge in [-0.2, -0.15) is 5.06 Å². The molecular weight excluding hydrogens is 290 g/mol. The number of hydrogen-bond donors (Lipinski definition) is 0. The highest BCUT2D eigenvalue weighted by Crippen LogP contribution is 2.21. The highest BCUT2D eigenvalue weighted by Gasteiger charge is 2.18. The van der Waals surface area contributed by atoms with Crippen LogP contribution in [0.15, 0.2) is 54.9 Å². The van der Waals surface area contributed by atoms with Gasteiger partial charge in [-0.05, 0) is 29.8 Å². The summed E-state index contributed by atoms with van der Waals surface area (Å²) in [6.07, 6.45) is 3.97. The Hall–Kier alpha value is -2.82. The van der Waals surface area contributed by atoms with Crippen molar-refractivity contribution in [2.24, 2.45) is 0 Å². The summed E-state index contributed by atoms with van der Waals surface area (Å²) in [5.74, 6) is 1.35. The minimum absolute atomic E-state index is 0.241.